The summed E-state index contributed by atoms with van der Waals surface area (Å²) in [6.45, 7) is 37.9. The summed E-state index contributed by atoms with van der Waals surface area (Å²) in [5, 5.41) is 8.56. The first-order valence-electron chi connectivity index (χ1n) is 32.4. The molecule has 8 aromatic heterocycles. The van der Waals surface area contributed by atoms with Gasteiger partial charge in [0, 0.05) is 75.0 Å². The standard InChI is InChI=1S/C21H28ClN5.C12H16Br2ClN3.C12H15BrClN3.C9H12Br2ClN3.C9H14ClN3.C4H8.CH4.BHNS/c1-7-14-10-17(26(5)6)23-11-16(14)19-20(22)25-21-18(24-19)13(4)12-27(21)15(8-2)9-3;1-4-7-18(8(5-2)6-3)12-10(14)16-9(13)11(15)17-12;1-4-8(5-2)17-6-7(3)9-12(17)16-11(14)10(13)15-9;1-3-5(4-2)13-9-7(11)14-6(10)8(12)15-9;1-3-7(4-2)12-9-6-11-5-8(10)13-9;1-3-4-2;;1-2-3/h10-12,15H,7-9H2,1-6H3;4,8H,1,5-7H2,2-3H3;6,8H,4-5H2,1-3H3;5H,3-4H2,1-2H3,(H,13,15);5-7H,3-4H2,1-2H3,(H,12,13);3H,1,4H2,2H3;1H4;3H. The molecule has 0 unspecified atom stereocenters. The van der Waals surface area contributed by atoms with Crippen molar-refractivity contribution >= 4 is 204 Å². The number of pyridine rings is 1. The molecule has 0 aromatic carbocycles. The molecule has 0 saturated carbocycles. The molecule has 98 heavy (non-hydrogen) atoms. The maximum atomic E-state index is 6.62. The van der Waals surface area contributed by atoms with Gasteiger partial charge in [-0.2, -0.15) is 0 Å². The molecule has 0 saturated heterocycles. The van der Waals surface area contributed by atoms with Gasteiger partial charge in [0.15, 0.2) is 43.5 Å². The molecule has 0 aliphatic heterocycles. The number of thiol groups is 1. The van der Waals surface area contributed by atoms with Crippen LogP contribution >= 0.6 is 150 Å². The van der Waals surface area contributed by atoms with E-state index < -0.39 is 0 Å². The molecule has 0 amide bonds. The molecule has 0 aliphatic carbocycles. The first kappa shape index (κ1) is 92.4. The van der Waals surface area contributed by atoms with Gasteiger partial charge >= 0.3 is 24.8 Å². The van der Waals surface area contributed by atoms with E-state index in [0.29, 0.717) is 90.5 Å². The molecule has 0 bridgehead atoms. The fraction of sp³-hybridized carbons (Fsp3) is 0.515. The molecular weight excluding hydrogens is 1690 g/mol. The summed E-state index contributed by atoms with van der Waals surface area (Å²) < 4.78 is 10.2. The van der Waals surface area contributed by atoms with E-state index in [2.05, 4.69) is 302 Å². The van der Waals surface area contributed by atoms with E-state index >= 15 is 0 Å². The van der Waals surface area contributed by atoms with Crippen molar-refractivity contribution < 1.29 is 0 Å². The number of fused-ring (bicyclic) bond motifs is 2. The SMILES string of the molecule is C.C=CCC.C=CCN(c1nc(Cl)c(Br)nc1Br)C(CC)CC.CCC(CC)Nc1cncc(Cl)n1.CCC(CC)Nc1nc(Cl)c(Br)nc1Br.CCC(CC)n1cc(C)c2nc(Br)c(Cl)nc21.CCc1cc(N(C)C)ncc1-c1nc2c(C)cn(C(CC)CC)c2nc1Cl.[B]=NS. The molecule has 18 nitrogen and oxygen atoms in total. The summed E-state index contributed by atoms with van der Waals surface area (Å²) in [5.41, 5.74) is 8.68. The Labute approximate surface area is 657 Å². The topological polar surface area (TPSA) is 195 Å². The molecule has 0 atom stereocenters. The van der Waals surface area contributed by atoms with Crippen molar-refractivity contribution in [1.82, 2.24) is 64.0 Å². The average molecular weight is 1790 g/mol. The van der Waals surface area contributed by atoms with Crippen LogP contribution in [0.15, 0.2) is 89.7 Å². The maximum absolute atomic E-state index is 6.62. The van der Waals surface area contributed by atoms with Crippen LogP contribution in [0.1, 0.15) is 190 Å². The van der Waals surface area contributed by atoms with Crippen LogP contribution in [0.4, 0.5) is 23.3 Å². The zero-order valence-electron chi connectivity index (χ0n) is 58.6. The Morgan fingerprint density at radius 3 is 1.49 bits per heavy atom. The fourth-order valence-corrected chi connectivity index (χ4v) is 12.7. The molecule has 0 aliphatic rings. The third-order valence-electron chi connectivity index (χ3n) is 15.3. The molecule has 0 fully saturated rings. The second kappa shape index (κ2) is 49.1. The Balaban J connectivity index is 0.000000609. The van der Waals surface area contributed by atoms with Crippen molar-refractivity contribution in [3.8, 4) is 11.3 Å². The summed E-state index contributed by atoms with van der Waals surface area (Å²) in [7, 11) is 8.32. The van der Waals surface area contributed by atoms with Gasteiger partial charge in [0.1, 0.15) is 56.5 Å². The number of aryl methyl sites for hydroxylation is 3. The Kier molecular flexibility index (Phi) is 46.3. The second-order valence-electron chi connectivity index (χ2n) is 22.0. The third kappa shape index (κ3) is 28.2. The monoisotopic (exact) mass is 1780 g/mol. The van der Waals surface area contributed by atoms with E-state index in [-0.39, 0.29) is 7.43 Å². The summed E-state index contributed by atoms with van der Waals surface area (Å²) in [4.78, 5) is 52.4. The molecule has 0 spiro atoms. The summed E-state index contributed by atoms with van der Waals surface area (Å²) in [6.07, 6.45) is 25.6. The molecular formula is C68H98BBr5Cl5N18S. The van der Waals surface area contributed by atoms with Gasteiger partial charge in [-0.1, -0.05) is 161 Å². The number of rotatable bonds is 24. The van der Waals surface area contributed by atoms with Gasteiger partial charge in [0.05, 0.1) is 12.4 Å². The molecule has 539 valence electrons. The third-order valence-corrected chi connectivity index (χ3v) is 20.0. The van der Waals surface area contributed by atoms with Crippen LogP contribution in [-0.2, 0) is 6.42 Å². The molecule has 2 N–H and O–H groups in total. The number of nitrogens with zero attached hydrogens (tertiary/aromatic N) is 16. The van der Waals surface area contributed by atoms with Gasteiger partial charge in [-0.25, -0.2) is 49.8 Å². The summed E-state index contributed by atoms with van der Waals surface area (Å²) in [6, 6.07) is 4.20. The van der Waals surface area contributed by atoms with Gasteiger partial charge in [-0.15, -0.1) is 13.2 Å². The van der Waals surface area contributed by atoms with Crippen LogP contribution in [0, 0.1) is 13.8 Å². The van der Waals surface area contributed by atoms with E-state index in [1.165, 1.54) is 11.8 Å². The summed E-state index contributed by atoms with van der Waals surface area (Å²) in [5.74, 6) is 3.13. The number of anilines is 4. The molecule has 1 radical (unpaired) electrons. The number of nitrogens with one attached hydrogen (secondary N) is 2. The van der Waals surface area contributed by atoms with Crippen molar-refractivity contribution in [2.75, 3.05) is 41.1 Å². The van der Waals surface area contributed by atoms with Crippen LogP contribution in [-0.4, -0.2) is 110 Å². The number of hydrogen-bond donors (Lipinski definition) is 3. The summed E-state index contributed by atoms with van der Waals surface area (Å²) >= 11 is 50.0. The van der Waals surface area contributed by atoms with Crippen molar-refractivity contribution in [1.29, 1.82) is 0 Å². The zero-order chi connectivity index (χ0) is 73.2. The Morgan fingerprint density at radius 1 is 0.582 bits per heavy atom. The van der Waals surface area contributed by atoms with Crippen LogP contribution in [0.2, 0.25) is 25.8 Å². The number of allylic oxidation sites excluding steroid dienone is 1. The van der Waals surface area contributed by atoms with Crippen molar-refractivity contribution in [2.45, 2.75) is 212 Å². The van der Waals surface area contributed by atoms with E-state index in [1.54, 1.807) is 6.20 Å². The predicted octanol–water partition coefficient (Wildman–Crippen LogP) is 24.2. The van der Waals surface area contributed by atoms with Gasteiger partial charge in [-0.05, 0) is 193 Å². The van der Waals surface area contributed by atoms with Crippen molar-refractivity contribution in [3.05, 3.63) is 128 Å². The molecule has 8 heterocycles. The Hall–Kier alpha value is -3.63. The van der Waals surface area contributed by atoms with E-state index in [9.17, 15) is 0 Å². The number of hydrogen-bond acceptors (Lipinski definition) is 17. The van der Waals surface area contributed by atoms with Gasteiger partial charge in [-0.3, -0.25) is 4.98 Å². The average Bonchev–Trinajstić information content (AvgIpc) is 1.58. The first-order chi connectivity index (χ1) is 46.2. The number of aromatic nitrogens is 13. The zero-order valence-corrected chi connectivity index (χ0v) is 71.2. The fourth-order valence-electron chi connectivity index (χ4n) is 9.77. The van der Waals surface area contributed by atoms with E-state index in [4.69, 9.17) is 68.0 Å². The first-order valence-corrected chi connectivity index (χ1v) is 38.7. The quantitative estimate of drug-likeness (QED) is 0.0293. The predicted molar refractivity (Wildman–Crippen MR) is 443 cm³/mol. The molecule has 8 aromatic rings. The molecule has 8 rings (SSSR count). The Bertz CT molecular complexity index is 3700. The second-order valence-corrected chi connectivity index (χ2v) is 27.8. The van der Waals surface area contributed by atoms with Gasteiger partial charge in [0.2, 0.25) is 0 Å². The minimum absolute atomic E-state index is 0. The van der Waals surface area contributed by atoms with Crippen molar-refractivity contribution in [2.24, 2.45) is 4.30 Å². The van der Waals surface area contributed by atoms with E-state index in [0.717, 1.165) is 140 Å². The van der Waals surface area contributed by atoms with Gasteiger partial charge in [0.25, 0.3) is 0 Å². The van der Waals surface area contributed by atoms with Crippen LogP contribution in [0.25, 0.3) is 33.6 Å². The van der Waals surface area contributed by atoms with Crippen LogP contribution in [0.3, 0.4) is 0 Å². The Morgan fingerprint density at radius 2 is 1.04 bits per heavy atom. The van der Waals surface area contributed by atoms with E-state index in [1.807, 2.05) is 37.3 Å². The normalized spacial score (nSPS) is 10.6. The molecule has 30 heteroatoms. The van der Waals surface area contributed by atoms with Gasteiger partial charge < -0.3 is 29.6 Å². The minimum atomic E-state index is 0. The number of halogens is 10. The van der Waals surface area contributed by atoms with Crippen molar-refractivity contribution in [3.63, 3.8) is 0 Å². The van der Waals surface area contributed by atoms with Crippen LogP contribution in [0.5, 0.6) is 0 Å². The van der Waals surface area contributed by atoms with Crippen LogP contribution < -0.4 is 20.4 Å².